The topological polar surface area (TPSA) is 78.9 Å². The van der Waals surface area contributed by atoms with Gasteiger partial charge in [-0.1, -0.05) is 78.6 Å². The zero-order valence-corrected chi connectivity index (χ0v) is 40.4. The van der Waals surface area contributed by atoms with Gasteiger partial charge in [-0.3, -0.25) is 0 Å². The predicted molar refractivity (Wildman–Crippen MR) is 237 cm³/mol. The van der Waals surface area contributed by atoms with Crippen molar-refractivity contribution >= 4 is 59.0 Å². The maximum atomic E-state index is 12.4. The van der Waals surface area contributed by atoms with Crippen LogP contribution >= 0.6 is 26.8 Å². The summed E-state index contributed by atoms with van der Waals surface area (Å²) in [5.74, 6) is 2.11. The fraction of sp³-hybridized carbons (Fsp3) is 0.930. The van der Waals surface area contributed by atoms with Crippen molar-refractivity contribution in [3.8, 4) is 0 Å². The van der Waals surface area contributed by atoms with Crippen molar-refractivity contribution in [2.75, 3.05) is 37.1 Å². The molecule has 0 fully saturated rings. The Kier molecular flexibility index (Phi) is 42.1. The minimum Gasteiger partial charge on any atom is -0.0654 e. The van der Waals surface area contributed by atoms with Gasteiger partial charge >= 0.3 is 264 Å². The standard InChI is InChI=1S/3C14H28O2S.CH3.Sn/c3*1-2-3-4-5-6-7-8-9-10-11-14(15)16-12-13-17;;/h3*17H,2-13H2,1H3;1H3;/q;;;;+3/p-3. The average molecular weight is 912 g/mol. The van der Waals surface area contributed by atoms with Crippen LogP contribution in [0.3, 0.4) is 0 Å². The molecule has 0 aliphatic rings. The third-order valence-electron chi connectivity index (χ3n) is 9.59. The molecule has 0 aromatic carbocycles. The van der Waals surface area contributed by atoms with Crippen molar-refractivity contribution in [3.63, 3.8) is 0 Å². The summed E-state index contributed by atoms with van der Waals surface area (Å²) in [6.07, 6.45) is 34.9. The zero-order valence-electron chi connectivity index (χ0n) is 35.1. The predicted octanol–water partition coefficient (Wildman–Crippen LogP) is 14.1. The smallest absolute Gasteiger partial charge is 0.0654 e. The Bertz CT molecular complexity index is 731. The SMILES string of the molecule is CCCCCCCCCCCC(=O)OCC[S][Sn]([CH3])([S]CCOC(=O)CCCCCCCCCCC)[S]CCOC(=O)CCCCCCCCCCC. The Morgan fingerprint density at radius 3 is 0.792 bits per heavy atom. The van der Waals surface area contributed by atoms with Crippen LogP contribution in [0.5, 0.6) is 0 Å². The van der Waals surface area contributed by atoms with E-state index in [0.29, 0.717) is 39.1 Å². The van der Waals surface area contributed by atoms with E-state index in [0.717, 1.165) is 55.8 Å². The van der Waals surface area contributed by atoms with Gasteiger partial charge in [0, 0.05) is 0 Å². The van der Waals surface area contributed by atoms with Gasteiger partial charge in [-0.2, -0.15) is 0 Å². The summed E-state index contributed by atoms with van der Waals surface area (Å²) in [7, 11) is 5.88. The van der Waals surface area contributed by atoms with Gasteiger partial charge in [-0.25, -0.2) is 0 Å². The number of carbonyl (C=O) groups excluding carboxylic acids is 3. The molecule has 53 heavy (non-hydrogen) atoms. The zero-order chi connectivity index (χ0) is 38.9. The molecule has 314 valence electrons. The molecule has 10 heteroatoms. The second kappa shape index (κ2) is 41.9. The van der Waals surface area contributed by atoms with Crippen LogP contribution in [0.2, 0.25) is 4.94 Å². The van der Waals surface area contributed by atoms with Crippen LogP contribution in [-0.2, 0) is 28.6 Å². The van der Waals surface area contributed by atoms with Crippen molar-refractivity contribution in [1.82, 2.24) is 0 Å². The number of esters is 3. The molecule has 0 aliphatic heterocycles. The van der Waals surface area contributed by atoms with Gasteiger partial charge in [0.05, 0.1) is 0 Å². The van der Waals surface area contributed by atoms with E-state index in [-0.39, 0.29) is 17.9 Å². The molecule has 0 radical (unpaired) electrons. The number of rotatable bonds is 42. The molecule has 0 heterocycles. The first-order valence-electron chi connectivity index (χ1n) is 22.3. The minimum atomic E-state index is -2.82. The van der Waals surface area contributed by atoms with Crippen LogP contribution in [0.25, 0.3) is 0 Å². The van der Waals surface area contributed by atoms with Crippen molar-refractivity contribution in [2.45, 2.75) is 218 Å². The van der Waals surface area contributed by atoms with E-state index in [4.69, 9.17) is 14.2 Å². The molecular weight excluding hydrogens is 827 g/mol. The number of hydrogen-bond donors (Lipinski definition) is 0. The van der Waals surface area contributed by atoms with Crippen LogP contribution in [0.4, 0.5) is 0 Å². The van der Waals surface area contributed by atoms with E-state index < -0.39 is 14.2 Å². The molecule has 0 unspecified atom stereocenters. The molecule has 0 rings (SSSR count). The fourth-order valence-electron chi connectivity index (χ4n) is 6.23. The molecule has 0 aromatic heterocycles. The Labute approximate surface area is 340 Å². The van der Waals surface area contributed by atoms with Gasteiger partial charge in [-0.15, -0.1) is 0 Å². The van der Waals surface area contributed by atoms with E-state index in [1.807, 2.05) is 26.8 Å². The van der Waals surface area contributed by atoms with Gasteiger partial charge in [0.2, 0.25) is 0 Å². The molecule has 0 N–H and O–H groups in total. The maximum absolute atomic E-state index is 12.4. The Hall–Kier alpha value is 0.259. The number of carbonyl (C=O) groups is 3. The molecular formula is C43H84O6S3Sn. The minimum absolute atomic E-state index is 0.0801. The van der Waals surface area contributed by atoms with Crippen molar-refractivity contribution in [3.05, 3.63) is 0 Å². The Morgan fingerprint density at radius 2 is 0.566 bits per heavy atom. The third-order valence-corrected chi connectivity index (χ3v) is 45.2. The fourth-order valence-corrected chi connectivity index (χ4v) is 37.0. The summed E-state index contributed by atoms with van der Waals surface area (Å²) in [6, 6.07) is 0. The second-order valence-electron chi connectivity index (χ2n) is 14.8. The van der Waals surface area contributed by atoms with Crippen LogP contribution < -0.4 is 0 Å². The summed E-state index contributed by atoms with van der Waals surface area (Å²) in [4.78, 5) is 39.4. The van der Waals surface area contributed by atoms with Gasteiger partial charge in [-0.05, 0) is 0 Å². The van der Waals surface area contributed by atoms with E-state index in [2.05, 4.69) is 25.7 Å². The van der Waals surface area contributed by atoms with E-state index in [9.17, 15) is 14.4 Å². The van der Waals surface area contributed by atoms with E-state index in [1.54, 1.807) is 0 Å². The molecule has 0 amide bonds. The van der Waals surface area contributed by atoms with Crippen LogP contribution in [0.1, 0.15) is 213 Å². The van der Waals surface area contributed by atoms with Crippen LogP contribution in [-0.4, -0.2) is 69.2 Å². The van der Waals surface area contributed by atoms with Crippen LogP contribution in [0.15, 0.2) is 0 Å². The van der Waals surface area contributed by atoms with Gasteiger partial charge in [0.1, 0.15) is 0 Å². The van der Waals surface area contributed by atoms with Gasteiger partial charge in [0.15, 0.2) is 0 Å². The molecule has 6 nitrogen and oxygen atoms in total. The summed E-state index contributed by atoms with van der Waals surface area (Å²) >= 11 is -2.82. The monoisotopic (exact) mass is 912 g/mol. The second-order valence-corrected chi connectivity index (χ2v) is 50.9. The average Bonchev–Trinajstić information content (AvgIpc) is 3.15. The van der Waals surface area contributed by atoms with Crippen molar-refractivity contribution in [1.29, 1.82) is 0 Å². The molecule has 0 aliphatic carbocycles. The Morgan fingerprint density at radius 1 is 0.358 bits per heavy atom. The number of ether oxygens (including phenoxy) is 3. The number of hydrogen-bond acceptors (Lipinski definition) is 9. The summed E-state index contributed by atoms with van der Waals surface area (Å²) < 4.78 is 16.8. The number of unbranched alkanes of at least 4 members (excludes halogenated alkanes) is 24. The molecule has 0 saturated heterocycles. The first-order valence-corrected chi connectivity index (χ1v) is 38.5. The molecule has 0 saturated carbocycles. The van der Waals surface area contributed by atoms with Gasteiger partial charge in [0.25, 0.3) is 0 Å². The summed E-state index contributed by atoms with van der Waals surface area (Å²) in [5, 5.41) is 0. The Balaban J connectivity index is 4.41. The molecule has 0 aromatic rings. The van der Waals surface area contributed by atoms with Gasteiger partial charge < -0.3 is 0 Å². The van der Waals surface area contributed by atoms with E-state index in [1.165, 1.54) is 135 Å². The first-order chi connectivity index (χ1) is 25.9. The molecule has 0 bridgehead atoms. The summed E-state index contributed by atoms with van der Waals surface area (Å²) in [5.41, 5.74) is 0. The normalized spacial score (nSPS) is 11.5. The molecule has 0 spiro atoms. The molecule has 0 atom stereocenters. The van der Waals surface area contributed by atoms with Crippen molar-refractivity contribution < 1.29 is 28.6 Å². The van der Waals surface area contributed by atoms with E-state index >= 15 is 0 Å². The summed E-state index contributed by atoms with van der Waals surface area (Å²) in [6.45, 7) is 8.07. The van der Waals surface area contributed by atoms with Crippen molar-refractivity contribution in [2.24, 2.45) is 0 Å². The van der Waals surface area contributed by atoms with Crippen LogP contribution in [0, 0.1) is 0 Å². The third kappa shape index (κ3) is 40.3. The quantitative estimate of drug-likeness (QED) is 0.0257. The first kappa shape index (κ1) is 53.3.